The molecule has 2 N–H and O–H groups in total. The van der Waals surface area contributed by atoms with Gasteiger partial charge in [0, 0.05) is 11.7 Å². The summed E-state index contributed by atoms with van der Waals surface area (Å²) in [5.74, 6) is -2.44. The Morgan fingerprint density at radius 1 is 0.949 bits per heavy atom. The van der Waals surface area contributed by atoms with Crippen LogP contribution in [0.5, 0.6) is 5.75 Å². The number of para-hydroxylation sites is 1. The quantitative estimate of drug-likeness (QED) is 0.514. The normalized spacial score (nSPS) is 20.2. The van der Waals surface area contributed by atoms with Crippen LogP contribution in [0.3, 0.4) is 0 Å². The fraction of sp³-hybridized carbons (Fsp3) is 0.393. The standard InChI is InChI=1S/C28H31N3O8/c1-37-23-11-7-4-8-19(23)26(34)31-21-10-6-5-9-20(21)30-25(33)22(31)15-24(32)29-18-13-16(27(35)38-2)12-17(14-18)28(36)39-3/h4,7-8,11-14,20-22H,5-6,9-10,15H2,1-3H3,(H,29,32)(H,30,33)/t20-,21+,22-/m1/s1. The molecule has 0 aromatic heterocycles. The Bertz CT molecular complexity index is 1260. The molecule has 11 nitrogen and oxygen atoms in total. The van der Waals surface area contributed by atoms with E-state index < -0.39 is 35.7 Å². The second-order valence-corrected chi connectivity index (χ2v) is 9.43. The van der Waals surface area contributed by atoms with E-state index in [0.717, 1.165) is 19.3 Å². The monoisotopic (exact) mass is 537 g/mol. The lowest BCUT2D eigenvalue weighted by Crippen LogP contribution is -2.68. The zero-order chi connectivity index (χ0) is 28.1. The molecular formula is C28H31N3O8. The molecule has 0 radical (unpaired) electrons. The minimum absolute atomic E-state index is 0.0316. The van der Waals surface area contributed by atoms with Crippen LogP contribution in [-0.4, -0.2) is 74.0 Å². The van der Waals surface area contributed by atoms with Crippen LogP contribution in [0, 0.1) is 0 Å². The molecule has 2 fully saturated rings. The maximum atomic E-state index is 13.9. The Morgan fingerprint density at radius 3 is 2.23 bits per heavy atom. The maximum Gasteiger partial charge on any atom is 0.337 e. The van der Waals surface area contributed by atoms with Crippen molar-refractivity contribution in [1.29, 1.82) is 0 Å². The third kappa shape index (κ3) is 5.87. The van der Waals surface area contributed by atoms with Crippen LogP contribution < -0.4 is 15.4 Å². The molecule has 4 rings (SSSR count). The SMILES string of the molecule is COC(=O)c1cc(NC(=O)C[C@@H]2C(=O)N[C@@H]3CCCC[C@@H]3N2C(=O)c2ccccc2OC)cc(C(=O)OC)c1. The number of nitrogens with one attached hydrogen (secondary N) is 2. The third-order valence-electron chi connectivity index (χ3n) is 7.06. The van der Waals surface area contributed by atoms with Crippen molar-refractivity contribution >= 4 is 35.3 Å². The smallest absolute Gasteiger partial charge is 0.337 e. The third-order valence-corrected chi connectivity index (χ3v) is 7.06. The average molecular weight is 538 g/mol. The zero-order valence-electron chi connectivity index (χ0n) is 22.0. The van der Waals surface area contributed by atoms with Gasteiger partial charge in [0.25, 0.3) is 5.91 Å². The first kappa shape index (κ1) is 27.6. The van der Waals surface area contributed by atoms with E-state index in [1.807, 2.05) is 0 Å². The number of carbonyl (C=O) groups is 5. The van der Waals surface area contributed by atoms with E-state index in [2.05, 4.69) is 10.6 Å². The molecule has 1 heterocycles. The number of esters is 2. The van der Waals surface area contributed by atoms with E-state index in [0.29, 0.717) is 17.7 Å². The number of benzene rings is 2. The molecule has 11 heteroatoms. The molecule has 3 atom stereocenters. The van der Waals surface area contributed by atoms with Crippen molar-refractivity contribution in [3.8, 4) is 5.75 Å². The van der Waals surface area contributed by atoms with Gasteiger partial charge in [-0.05, 0) is 43.2 Å². The van der Waals surface area contributed by atoms with Crippen molar-refractivity contribution in [3.05, 3.63) is 59.2 Å². The molecule has 0 bridgehead atoms. The van der Waals surface area contributed by atoms with Gasteiger partial charge in [-0.15, -0.1) is 0 Å². The van der Waals surface area contributed by atoms with Crippen LogP contribution in [0.4, 0.5) is 5.69 Å². The van der Waals surface area contributed by atoms with Crippen molar-refractivity contribution in [1.82, 2.24) is 10.2 Å². The number of ether oxygens (including phenoxy) is 3. The van der Waals surface area contributed by atoms with E-state index in [4.69, 9.17) is 14.2 Å². The van der Waals surface area contributed by atoms with Gasteiger partial charge in [0.05, 0.1) is 50.5 Å². The van der Waals surface area contributed by atoms with Gasteiger partial charge >= 0.3 is 11.9 Å². The van der Waals surface area contributed by atoms with Gasteiger partial charge in [-0.25, -0.2) is 9.59 Å². The molecule has 2 aromatic carbocycles. The predicted octanol–water partition coefficient (Wildman–Crippen LogP) is 2.55. The maximum absolute atomic E-state index is 13.9. The van der Waals surface area contributed by atoms with Crippen molar-refractivity contribution in [2.24, 2.45) is 0 Å². The molecule has 1 aliphatic heterocycles. The zero-order valence-corrected chi connectivity index (χ0v) is 22.0. The number of rotatable bonds is 7. The Morgan fingerprint density at radius 2 is 1.59 bits per heavy atom. The fourth-order valence-corrected chi connectivity index (χ4v) is 5.25. The summed E-state index contributed by atoms with van der Waals surface area (Å²) in [5.41, 5.74) is 0.504. The van der Waals surface area contributed by atoms with Gasteiger partial charge in [-0.3, -0.25) is 14.4 Å². The minimum atomic E-state index is -1.08. The van der Waals surface area contributed by atoms with Gasteiger partial charge < -0.3 is 29.7 Å². The van der Waals surface area contributed by atoms with E-state index in [1.54, 1.807) is 24.3 Å². The summed E-state index contributed by atoms with van der Waals surface area (Å²) in [6, 6.07) is 9.20. The van der Waals surface area contributed by atoms with E-state index in [9.17, 15) is 24.0 Å². The molecule has 1 saturated carbocycles. The highest BCUT2D eigenvalue weighted by Crippen LogP contribution is 2.32. The van der Waals surface area contributed by atoms with Gasteiger partial charge in [-0.2, -0.15) is 0 Å². The molecule has 1 aliphatic carbocycles. The number of anilines is 1. The number of carbonyl (C=O) groups excluding carboxylic acids is 5. The summed E-state index contributed by atoms with van der Waals surface area (Å²) < 4.78 is 14.9. The second kappa shape index (κ2) is 12.0. The average Bonchev–Trinajstić information content (AvgIpc) is 2.96. The first-order valence-electron chi connectivity index (χ1n) is 12.6. The summed E-state index contributed by atoms with van der Waals surface area (Å²) in [5, 5.41) is 5.64. The number of hydrogen-bond donors (Lipinski definition) is 2. The van der Waals surface area contributed by atoms with Crippen molar-refractivity contribution in [3.63, 3.8) is 0 Å². The molecule has 0 unspecified atom stereocenters. The Hall–Kier alpha value is -4.41. The first-order valence-corrected chi connectivity index (χ1v) is 12.6. The highest BCUT2D eigenvalue weighted by molar-refractivity contribution is 6.04. The number of nitrogens with zero attached hydrogens (tertiary/aromatic N) is 1. The van der Waals surface area contributed by atoms with Crippen LogP contribution in [0.15, 0.2) is 42.5 Å². The highest BCUT2D eigenvalue weighted by Gasteiger charge is 2.46. The topological polar surface area (TPSA) is 140 Å². The second-order valence-electron chi connectivity index (χ2n) is 9.43. The Balaban J connectivity index is 1.63. The summed E-state index contributed by atoms with van der Waals surface area (Å²) in [7, 11) is 3.85. The summed E-state index contributed by atoms with van der Waals surface area (Å²) in [4.78, 5) is 66.1. The Kier molecular flexibility index (Phi) is 8.48. The number of hydrogen-bond acceptors (Lipinski definition) is 8. The summed E-state index contributed by atoms with van der Waals surface area (Å²) >= 11 is 0. The van der Waals surface area contributed by atoms with Crippen molar-refractivity contribution < 1.29 is 38.2 Å². The van der Waals surface area contributed by atoms with Gasteiger partial charge in [0.15, 0.2) is 0 Å². The number of piperazine rings is 1. The van der Waals surface area contributed by atoms with Crippen LogP contribution in [-0.2, 0) is 19.1 Å². The van der Waals surface area contributed by atoms with E-state index >= 15 is 0 Å². The minimum Gasteiger partial charge on any atom is -0.496 e. The number of amides is 3. The molecule has 1 saturated heterocycles. The first-order chi connectivity index (χ1) is 18.8. The summed E-state index contributed by atoms with van der Waals surface area (Å²) in [6.45, 7) is 0. The molecular weight excluding hydrogens is 506 g/mol. The molecule has 2 aliphatic rings. The largest absolute Gasteiger partial charge is 0.496 e. The molecule has 0 spiro atoms. The predicted molar refractivity (Wildman–Crippen MR) is 140 cm³/mol. The van der Waals surface area contributed by atoms with E-state index in [1.165, 1.54) is 44.4 Å². The number of methoxy groups -OCH3 is 3. The molecule has 2 aromatic rings. The van der Waals surface area contributed by atoms with Crippen LogP contribution in [0.1, 0.15) is 63.2 Å². The lowest BCUT2D eigenvalue weighted by Gasteiger charge is -2.48. The lowest BCUT2D eigenvalue weighted by molar-refractivity contribution is -0.135. The lowest BCUT2D eigenvalue weighted by atomic mass is 9.84. The summed E-state index contributed by atoms with van der Waals surface area (Å²) in [6.07, 6.45) is 2.91. The van der Waals surface area contributed by atoms with Crippen molar-refractivity contribution in [2.75, 3.05) is 26.6 Å². The van der Waals surface area contributed by atoms with Crippen LogP contribution in [0.25, 0.3) is 0 Å². The van der Waals surface area contributed by atoms with Crippen LogP contribution in [0.2, 0.25) is 0 Å². The number of fused-ring (bicyclic) bond motifs is 1. The Labute approximate surface area is 225 Å². The highest BCUT2D eigenvalue weighted by atomic mass is 16.5. The molecule has 3 amide bonds. The molecule has 39 heavy (non-hydrogen) atoms. The van der Waals surface area contributed by atoms with Gasteiger partial charge in [0.2, 0.25) is 11.8 Å². The van der Waals surface area contributed by atoms with Crippen LogP contribution >= 0.6 is 0 Å². The van der Waals surface area contributed by atoms with Gasteiger partial charge in [-0.1, -0.05) is 25.0 Å². The molecule has 206 valence electrons. The van der Waals surface area contributed by atoms with E-state index in [-0.39, 0.29) is 35.3 Å². The van der Waals surface area contributed by atoms with Gasteiger partial charge in [0.1, 0.15) is 11.8 Å². The van der Waals surface area contributed by atoms with Crippen molar-refractivity contribution in [2.45, 2.75) is 50.2 Å². The fourth-order valence-electron chi connectivity index (χ4n) is 5.25.